The monoisotopic (exact) mass is 223 g/mol. The molecule has 1 fully saturated rings. The number of aliphatic hydroxyl groups excluding tert-OH is 4. The number of rotatable bonds is 1. The van der Waals surface area contributed by atoms with Crippen LogP contribution >= 0.6 is 0 Å². The Balaban J connectivity index is 2.80. The van der Waals surface area contributed by atoms with Gasteiger partial charge >= 0.3 is 0 Å². The van der Waals surface area contributed by atoms with E-state index in [-0.39, 0.29) is 0 Å². The summed E-state index contributed by atoms with van der Waals surface area (Å²) in [7, 11) is -0.744. The highest BCUT2D eigenvalue weighted by Crippen LogP contribution is 2.22. The molecule has 5 atom stereocenters. The van der Waals surface area contributed by atoms with Crippen molar-refractivity contribution in [1.82, 2.24) is 0 Å². The van der Waals surface area contributed by atoms with E-state index in [2.05, 4.69) is 0 Å². The van der Waals surface area contributed by atoms with Crippen molar-refractivity contribution < 1.29 is 25.2 Å². The Morgan fingerprint density at radius 3 is 2.21 bits per heavy atom. The summed E-state index contributed by atoms with van der Waals surface area (Å²) in [5, 5.41) is 37.2. The van der Waals surface area contributed by atoms with Crippen LogP contribution in [0.2, 0.25) is 0 Å². The van der Waals surface area contributed by atoms with Crippen LogP contribution in [0, 0.1) is 5.69 Å². The zero-order chi connectivity index (χ0) is 10.9. The summed E-state index contributed by atoms with van der Waals surface area (Å²) < 4.78 is 5.17. The van der Waals surface area contributed by atoms with E-state index in [0.717, 1.165) is 0 Å². The van der Waals surface area contributed by atoms with E-state index in [1.165, 1.54) is 0 Å². The molecule has 1 saturated heterocycles. The summed E-state index contributed by atoms with van der Waals surface area (Å²) in [6.07, 6.45) is -3.07. The summed E-state index contributed by atoms with van der Waals surface area (Å²) >= 11 is 0. The second-order valence-electron chi connectivity index (χ2n) is 3.30. The van der Waals surface area contributed by atoms with Crippen LogP contribution in [0.5, 0.6) is 0 Å². The minimum atomic E-state index is -1.33. The van der Waals surface area contributed by atoms with Crippen LogP contribution in [-0.2, 0) is 15.0 Å². The molecule has 0 aromatic rings. The lowest BCUT2D eigenvalue weighted by molar-refractivity contribution is -0.206. The van der Waals surface area contributed by atoms with Gasteiger partial charge in [-0.1, -0.05) is 0 Å². The van der Waals surface area contributed by atoms with E-state index in [4.69, 9.17) is 15.5 Å². The predicted octanol–water partition coefficient (Wildman–Crippen LogP) is -2.38. The molecule has 1 heterocycles. The molecule has 84 valence electrons. The van der Waals surface area contributed by atoms with E-state index in [1.807, 2.05) is 0 Å². The fourth-order valence-corrected chi connectivity index (χ4v) is 2.29. The molecule has 0 spiro atoms. The lowest BCUT2D eigenvalue weighted by atomic mass is 10.0. The van der Waals surface area contributed by atoms with Gasteiger partial charge in [-0.25, -0.2) is 0 Å². The third-order valence-corrected chi connectivity index (χ3v) is 3.34. The van der Waals surface area contributed by atoms with Gasteiger partial charge in [0.25, 0.3) is 0 Å². The zero-order valence-electron chi connectivity index (χ0n) is 7.78. The summed E-state index contributed by atoms with van der Waals surface area (Å²) in [4.78, 5) is 0. The quantitative estimate of drug-likeness (QED) is 0.373. The minimum Gasteiger partial charge on any atom is -0.430 e. The van der Waals surface area contributed by atoms with Gasteiger partial charge in [-0.3, -0.25) is 0 Å². The zero-order valence-corrected chi connectivity index (χ0v) is 8.59. The molecule has 1 aliphatic heterocycles. The first-order valence-corrected chi connectivity index (χ1v) is 5.94. The Bertz CT molecular complexity index is 258. The molecule has 0 saturated carbocycles. The van der Waals surface area contributed by atoms with Crippen molar-refractivity contribution in [2.75, 3.05) is 12.9 Å². The summed E-state index contributed by atoms with van der Waals surface area (Å²) in [6.45, 7) is -0.418. The van der Waals surface area contributed by atoms with Gasteiger partial charge in [-0.2, -0.15) is 0 Å². The molecule has 1 rings (SSSR count). The second kappa shape index (κ2) is 4.63. The van der Waals surface area contributed by atoms with Crippen LogP contribution < -0.4 is 0 Å². The van der Waals surface area contributed by atoms with Crippen LogP contribution in [0.1, 0.15) is 0 Å². The Morgan fingerprint density at radius 2 is 1.79 bits per heavy atom. The average molecular weight is 223 g/mol. The van der Waals surface area contributed by atoms with Crippen molar-refractivity contribution >= 4 is 10.3 Å². The smallest absolute Gasteiger partial charge is 0.111 e. The number of aliphatic hydroxyl groups is 4. The molecule has 0 radical (unpaired) electrons. The van der Waals surface area contributed by atoms with Crippen LogP contribution in [0.3, 0.4) is 0 Å². The molecule has 1 aliphatic rings. The highest BCUT2D eigenvalue weighted by Gasteiger charge is 2.40. The van der Waals surface area contributed by atoms with E-state index in [9.17, 15) is 15.3 Å². The third kappa shape index (κ3) is 2.12. The van der Waals surface area contributed by atoms with E-state index >= 15 is 0 Å². The van der Waals surface area contributed by atoms with Crippen molar-refractivity contribution in [2.24, 2.45) is 0 Å². The van der Waals surface area contributed by atoms with E-state index in [0.29, 0.717) is 0 Å². The van der Waals surface area contributed by atoms with Gasteiger partial charge < -0.3 is 41.2 Å². The molecule has 0 aliphatic carbocycles. The van der Waals surface area contributed by atoms with E-state index in [1.54, 1.807) is 6.26 Å². The van der Waals surface area contributed by atoms with Gasteiger partial charge in [-0.15, -0.1) is 6.26 Å². The number of hydrogen-bond acceptors (Lipinski definition) is 6. The average Bonchev–Trinajstić information content (AvgIpc) is 2.14. The van der Waals surface area contributed by atoms with Crippen LogP contribution in [0.4, 0.5) is 0 Å². The first kappa shape index (κ1) is 12.0. The van der Waals surface area contributed by atoms with Gasteiger partial charge in [-0.05, 0) is 0 Å². The highest BCUT2D eigenvalue weighted by molar-refractivity contribution is 7.86. The lowest BCUT2D eigenvalue weighted by Crippen LogP contribution is -2.59. The molecule has 5 nitrogen and oxygen atoms in total. The summed E-state index contributed by atoms with van der Waals surface area (Å²) in [5.41, 5.74) is 4.81. The summed E-state index contributed by atoms with van der Waals surface area (Å²) in [6, 6.07) is 0. The predicted molar refractivity (Wildman–Crippen MR) is 52.0 cm³/mol. The fourth-order valence-electron chi connectivity index (χ4n) is 1.37. The standard InChI is InChI=1S/C8H15O5S/c1-14(2)8-7(12)6(11)5(10)4(3-9)13-8/h1,4-12H,3H2,2H3/q-1/t4?,5-,6?,7?,8-/m0/s1. The minimum absolute atomic E-state index is 0.418. The normalized spacial score (nSPS) is 44.2. The van der Waals surface area contributed by atoms with Gasteiger partial charge in [0.2, 0.25) is 0 Å². The molecule has 6 heteroatoms. The molecule has 0 amide bonds. The topological polar surface area (TPSA) is 90.2 Å². The molecule has 0 aromatic carbocycles. The largest absolute Gasteiger partial charge is 0.430 e. The Kier molecular flexibility index (Phi) is 3.97. The second-order valence-corrected chi connectivity index (χ2v) is 4.98. The summed E-state index contributed by atoms with van der Waals surface area (Å²) in [5.74, 6) is 0. The van der Waals surface area contributed by atoms with Crippen molar-refractivity contribution in [2.45, 2.75) is 29.9 Å². The van der Waals surface area contributed by atoms with Crippen LogP contribution in [0.15, 0.2) is 0 Å². The first-order chi connectivity index (χ1) is 6.49. The maximum atomic E-state index is 9.50. The maximum Gasteiger partial charge on any atom is 0.111 e. The Hall–Kier alpha value is -0.0700. The number of ether oxygens (including phenoxy) is 1. The van der Waals surface area contributed by atoms with Crippen LogP contribution in [0.25, 0.3) is 0 Å². The third-order valence-electron chi connectivity index (χ3n) is 2.21. The van der Waals surface area contributed by atoms with Crippen molar-refractivity contribution in [3.05, 3.63) is 0 Å². The van der Waals surface area contributed by atoms with Gasteiger partial charge in [0, 0.05) is 5.44 Å². The SMILES string of the molecule is C#[S-](C)[C@@H]1OC(CO)[C@H](O)C(O)C1O. The van der Waals surface area contributed by atoms with Gasteiger partial charge in [0.1, 0.15) is 18.3 Å². The molecule has 4 N–H and O–H groups in total. The molecular weight excluding hydrogens is 208 g/mol. The Morgan fingerprint density at radius 1 is 1.21 bits per heavy atom. The fraction of sp³-hybridized carbons (Fsp3) is 0.875. The first-order valence-electron chi connectivity index (χ1n) is 4.18. The molecule has 0 bridgehead atoms. The Labute approximate surface area is 84.5 Å². The molecule has 0 aromatic heterocycles. The van der Waals surface area contributed by atoms with E-state index < -0.39 is 46.8 Å². The molecule has 14 heavy (non-hydrogen) atoms. The van der Waals surface area contributed by atoms with Crippen molar-refractivity contribution in [1.29, 1.82) is 0 Å². The van der Waals surface area contributed by atoms with Crippen LogP contribution in [-0.4, -0.2) is 63.1 Å². The van der Waals surface area contributed by atoms with Gasteiger partial charge in [0.15, 0.2) is 0 Å². The van der Waals surface area contributed by atoms with Gasteiger partial charge in [0.05, 0.1) is 12.7 Å². The number of hydrogen-bond donors (Lipinski definition) is 4. The maximum absolute atomic E-state index is 9.50. The lowest BCUT2D eigenvalue weighted by Gasteiger charge is -2.44. The highest BCUT2D eigenvalue weighted by atomic mass is 32.2. The molecule has 3 unspecified atom stereocenters. The van der Waals surface area contributed by atoms with Crippen molar-refractivity contribution in [3.63, 3.8) is 0 Å². The van der Waals surface area contributed by atoms with Crippen molar-refractivity contribution in [3.8, 4) is 5.69 Å². The molecular formula is C8H15O5S-.